The number of hydrogen-bond donors (Lipinski definition) is 1. The van der Waals surface area contributed by atoms with Crippen LogP contribution < -0.4 is 5.56 Å². The van der Waals surface area contributed by atoms with Gasteiger partial charge in [0.15, 0.2) is 10.5 Å². The minimum Gasteiger partial charge on any atom is -0.332 e. The third-order valence-electron chi connectivity index (χ3n) is 3.91. The number of halogens is 3. The Morgan fingerprint density at radius 3 is 2.64 bits per heavy atom. The number of aryl methyl sites for hydroxylation is 2. The quantitative estimate of drug-likeness (QED) is 0.715. The zero-order chi connectivity index (χ0) is 18.2. The van der Waals surface area contributed by atoms with Crippen LogP contribution in [0.5, 0.6) is 0 Å². The highest BCUT2D eigenvalue weighted by Crippen LogP contribution is 2.28. The highest BCUT2D eigenvalue weighted by atomic mass is 32.1. The van der Waals surface area contributed by atoms with E-state index >= 15 is 0 Å². The Hall–Kier alpha value is -2.42. The van der Waals surface area contributed by atoms with Gasteiger partial charge in [-0.25, -0.2) is 0 Å². The third kappa shape index (κ3) is 3.51. The molecular weight excluding hydrogens is 353 g/mol. The van der Waals surface area contributed by atoms with E-state index in [1.807, 2.05) is 0 Å². The summed E-state index contributed by atoms with van der Waals surface area (Å²) in [7, 11) is 0. The molecule has 0 saturated carbocycles. The highest BCUT2D eigenvalue weighted by molar-refractivity contribution is 7.71. The number of rotatable bonds is 4. The first-order valence-electron chi connectivity index (χ1n) is 7.61. The molecule has 9 heteroatoms. The molecule has 0 saturated heterocycles. The first kappa shape index (κ1) is 17.4. The van der Waals surface area contributed by atoms with Crippen LogP contribution >= 0.6 is 12.2 Å². The smallest absolute Gasteiger partial charge is 0.332 e. The predicted octanol–water partition coefficient (Wildman–Crippen LogP) is 3.67. The summed E-state index contributed by atoms with van der Waals surface area (Å²) >= 11 is 5.21. The summed E-state index contributed by atoms with van der Waals surface area (Å²) in [5.74, 6) is 0. The van der Waals surface area contributed by atoms with E-state index in [0.29, 0.717) is 29.6 Å². The van der Waals surface area contributed by atoms with Crippen LogP contribution in [0.25, 0.3) is 10.9 Å². The molecule has 3 aromatic rings. The van der Waals surface area contributed by atoms with Crippen LogP contribution in [-0.2, 0) is 19.3 Å². The number of alkyl halides is 3. The van der Waals surface area contributed by atoms with Gasteiger partial charge in [-0.05, 0) is 43.8 Å². The summed E-state index contributed by atoms with van der Waals surface area (Å²) in [5, 5.41) is 4.10. The minimum atomic E-state index is -4.46. The van der Waals surface area contributed by atoms with Crippen molar-refractivity contribution in [3.05, 3.63) is 56.8 Å². The maximum Gasteiger partial charge on any atom is 0.435 e. The lowest BCUT2D eigenvalue weighted by Crippen LogP contribution is -2.23. The number of fused-ring (bicyclic) bond motifs is 1. The van der Waals surface area contributed by atoms with E-state index in [9.17, 15) is 18.0 Å². The lowest BCUT2D eigenvalue weighted by Gasteiger charge is -2.09. The summed E-state index contributed by atoms with van der Waals surface area (Å²) in [6, 6.07) is 8.04. The second-order valence-electron chi connectivity index (χ2n) is 5.68. The Morgan fingerprint density at radius 2 is 1.96 bits per heavy atom. The Balaban J connectivity index is 1.79. The Bertz CT molecular complexity index is 1030. The van der Waals surface area contributed by atoms with E-state index in [2.05, 4.69) is 10.1 Å². The van der Waals surface area contributed by atoms with Gasteiger partial charge in [-0.1, -0.05) is 12.1 Å². The van der Waals surface area contributed by atoms with Crippen LogP contribution in [0.4, 0.5) is 13.2 Å². The maximum absolute atomic E-state index is 12.7. The molecule has 0 fully saturated rings. The molecule has 0 amide bonds. The first-order chi connectivity index (χ1) is 11.8. The molecule has 132 valence electrons. The van der Waals surface area contributed by atoms with E-state index in [-0.39, 0.29) is 16.9 Å². The van der Waals surface area contributed by atoms with E-state index in [4.69, 9.17) is 12.2 Å². The molecule has 0 bridgehead atoms. The zero-order valence-electron chi connectivity index (χ0n) is 13.3. The summed E-state index contributed by atoms with van der Waals surface area (Å²) in [6.45, 7) is 2.12. The third-order valence-corrected chi connectivity index (χ3v) is 4.24. The highest BCUT2D eigenvalue weighted by Gasteiger charge is 2.34. The molecule has 25 heavy (non-hydrogen) atoms. The van der Waals surface area contributed by atoms with Crippen molar-refractivity contribution >= 4 is 23.1 Å². The number of para-hydroxylation sites is 1. The van der Waals surface area contributed by atoms with Crippen LogP contribution in [0.2, 0.25) is 0 Å². The molecule has 0 aliphatic carbocycles. The first-order valence-corrected chi connectivity index (χ1v) is 8.02. The summed E-state index contributed by atoms with van der Waals surface area (Å²) in [4.78, 5) is 15.5. The van der Waals surface area contributed by atoms with Crippen molar-refractivity contribution in [2.45, 2.75) is 32.6 Å². The molecule has 5 nitrogen and oxygen atoms in total. The Labute approximate surface area is 145 Å². The van der Waals surface area contributed by atoms with Gasteiger partial charge in [0.2, 0.25) is 0 Å². The molecule has 0 atom stereocenters. The van der Waals surface area contributed by atoms with E-state index in [1.165, 1.54) is 9.25 Å². The predicted molar refractivity (Wildman–Crippen MR) is 90.0 cm³/mol. The van der Waals surface area contributed by atoms with Crippen LogP contribution in [0.15, 0.2) is 35.1 Å². The fraction of sp³-hybridized carbons (Fsp3) is 0.312. The minimum absolute atomic E-state index is 0.215. The van der Waals surface area contributed by atoms with Crippen molar-refractivity contribution in [2.75, 3.05) is 0 Å². The van der Waals surface area contributed by atoms with Crippen LogP contribution in [-0.4, -0.2) is 19.3 Å². The van der Waals surface area contributed by atoms with Crippen molar-refractivity contribution in [2.24, 2.45) is 0 Å². The number of aromatic nitrogens is 4. The molecule has 1 N–H and O–H groups in total. The maximum atomic E-state index is 12.7. The molecule has 0 aliphatic rings. The monoisotopic (exact) mass is 368 g/mol. The molecule has 2 aromatic heterocycles. The van der Waals surface area contributed by atoms with Crippen molar-refractivity contribution in [1.29, 1.82) is 0 Å². The zero-order valence-corrected chi connectivity index (χ0v) is 14.1. The molecule has 0 aliphatic heterocycles. The van der Waals surface area contributed by atoms with Crippen LogP contribution in [0, 0.1) is 11.7 Å². The number of aromatic amines is 1. The second kappa shape index (κ2) is 6.47. The SMILES string of the molecule is Cc1cc(C(F)(F)F)nn1CCCn1c(=S)[nH]c2ccccc2c1=O. The van der Waals surface area contributed by atoms with Gasteiger partial charge in [0.1, 0.15) is 0 Å². The second-order valence-corrected chi connectivity index (χ2v) is 6.06. The van der Waals surface area contributed by atoms with E-state index in [0.717, 1.165) is 6.07 Å². The number of nitrogens with one attached hydrogen (secondary N) is 1. The lowest BCUT2D eigenvalue weighted by atomic mass is 10.2. The Kier molecular flexibility index (Phi) is 4.51. The fourth-order valence-corrected chi connectivity index (χ4v) is 2.94. The van der Waals surface area contributed by atoms with Crippen molar-refractivity contribution in [3.8, 4) is 0 Å². The van der Waals surface area contributed by atoms with E-state index < -0.39 is 11.9 Å². The number of H-pyrrole nitrogens is 1. The van der Waals surface area contributed by atoms with Gasteiger partial charge in [-0.15, -0.1) is 0 Å². The van der Waals surface area contributed by atoms with Gasteiger partial charge in [0.25, 0.3) is 5.56 Å². The van der Waals surface area contributed by atoms with Crippen molar-refractivity contribution in [3.63, 3.8) is 0 Å². The van der Waals surface area contributed by atoms with Crippen molar-refractivity contribution in [1.82, 2.24) is 19.3 Å². The van der Waals surface area contributed by atoms with Gasteiger partial charge < -0.3 is 4.98 Å². The molecule has 3 rings (SSSR count). The molecule has 1 aromatic carbocycles. The topological polar surface area (TPSA) is 55.6 Å². The van der Waals surface area contributed by atoms with Crippen molar-refractivity contribution < 1.29 is 13.2 Å². The average molecular weight is 368 g/mol. The molecule has 2 heterocycles. The standard InChI is InChI=1S/C16H15F3N4OS/c1-10-9-13(16(17,18)19)21-23(10)8-4-7-22-14(24)11-5-2-3-6-12(11)20-15(22)25/h2-3,5-6,9H,4,7-8H2,1H3,(H,20,25). The largest absolute Gasteiger partial charge is 0.435 e. The van der Waals surface area contributed by atoms with Crippen LogP contribution in [0.3, 0.4) is 0 Å². The van der Waals surface area contributed by atoms with E-state index in [1.54, 1.807) is 31.2 Å². The van der Waals surface area contributed by atoms with Gasteiger partial charge in [0, 0.05) is 18.8 Å². The normalized spacial score (nSPS) is 12.0. The average Bonchev–Trinajstić information content (AvgIpc) is 2.92. The Morgan fingerprint density at radius 1 is 1.24 bits per heavy atom. The fourth-order valence-electron chi connectivity index (χ4n) is 2.66. The molecule has 0 unspecified atom stereocenters. The molecular formula is C16H15F3N4OS. The van der Waals surface area contributed by atoms with Crippen LogP contribution in [0.1, 0.15) is 17.8 Å². The number of nitrogens with zero attached hydrogens (tertiary/aromatic N) is 3. The summed E-state index contributed by atoms with van der Waals surface area (Å²) in [5.41, 5.74) is -0.0486. The number of hydrogen-bond acceptors (Lipinski definition) is 3. The summed E-state index contributed by atoms with van der Waals surface area (Å²) in [6.07, 6.45) is -4.04. The lowest BCUT2D eigenvalue weighted by molar-refractivity contribution is -0.141. The summed E-state index contributed by atoms with van der Waals surface area (Å²) < 4.78 is 41.0. The van der Waals surface area contributed by atoms with Gasteiger partial charge in [0.05, 0.1) is 10.9 Å². The van der Waals surface area contributed by atoms with Gasteiger partial charge in [-0.3, -0.25) is 14.0 Å². The van der Waals surface area contributed by atoms with Gasteiger partial charge in [-0.2, -0.15) is 18.3 Å². The van der Waals surface area contributed by atoms with Gasteiger partial charge >= 0.3 is 6.18 Å². The molecule has 0 radical (unpaired) electrons. The molecule has 0 spiro atoms. The number of benzene rings is 1.